The highest BCUT2D eigenvalue weighted by molar-refractivity contribution is 7.17. The molecular weight excluding hydrogens is 351 g/mol. The van der Waals surface area contributed by atoms with Gasteiger partial charge in [0.2, 0.25) is 0 Å². The smallest absolute Gasteiger partial charge is 0.288 e. The summed E-state index contributed by atoms with van der Waals surface area (Å²) >= 11 is 1.28. The molecule has 0 aliphatic carbocycles. The van der Waals surface area contributed by atoms with Crippen LogP contribution in [0.3, 0.4) is 0 Å². The van der Waals surface area contributed by atoms with Gasteiger partial charge in [0, 0.05) is 0 Å². The Morgan fingerprint density at radius 1 is 1.04 bits per heavy atom. The molecule has 4 rings (SSSR count). The molecule has 0 N–H and O–H groups in total. The highest BCUT2D eigenvalue weighted by Crippen LogP contribution is 2.18. The molecule has 0 amide bonds. The molecule has 0 saturated heterocycles. The van der Waals surface area contributed by atoms with E-state index in [-0.39, 0.29) is 5.69 Å². The minimum Gasteiger partial charge on any atom is -0.288 e. The number of nitrogens with zero attached hydrogens (tertiary/aromatic N) is 2. The topological polar surface area (TPSA) is 44.0 Å². The van der Waals surface area contributed by atoms with E-state index in [2.05, 4.69) is 0 Å². The van der Waals surface area contributed by atoms with Crippen LogP contribution in [0.1, 0.15) is 11.1 Å². The van der Waals surface area contributed by atoms with E-state index in [1.165, 1.54) is 17.4 Å². The minimum absolute atomic E-state index is 0.236. The van der Waals surface area contributed by atoms with E-state index in [0.29, 0.717) is 22.3 Å². The Hall–Kier alpha value is -2.99. The maximum atomic E-state index is 14.0. The number of aromatic nitrogens is 2. The van der Waals surface area contributed by atoms with E-state index in [4.69, 9.17) is 0 Å². The van der Waals surface area contributed by atoms with Gasteiger partial charge in [0.25, 0.3) is 5.56 Å². The van der Waals surface area contributed by atoms with Gasteiger partial charge >= 0.3 is 5.69 Å². The van der Waals surface area contributed by atoms with Crippen LogP contribution < -0.4 is 11.2 Å². The van der Waals surface area contributed by atoms with Gasteiger partial charge in [0.1, 0.15) is 10.5 Å². The fraction of sp³-hybridized carbons (Fsp3) is 0.100. The average Bonchev–Trinajstić information content (AvgIpc) is 3.13. The Bertz CT molecular complexity index is 1220. The molecule has 130 valence electrons. The van der Waals surface area contributed by atoms with Gasteiger partial charge < -0.3 is 0 Å². The Balaban J connectivity index is 2.01. The number of rotatable bonds is 3. The number of thiophene rings is 1. The molecule has 0 aliphatic rings. The number of hydrogen-bond donors (Lipinski definition) is 0. The largest absolute Gasteiger partial charge is 0.336 e. The van der Waals surface area contributed by atoms with E-state index < -0.39 is 17.1 Å². The second-order valence-electron chi connectivity index (χ2n) is 6.06. The highest BCUT2D eigenvalue weighted by Gasteiger charge is 2.16. The SMILES string of the molecule is Cc1ccc(-n2c(=O)c3sccc3n(Cc3ccccc3)c2=O)cc1F. The van der Waals surface area contributed by atoms with Gasteiger partial charge in [0.15, 0.2) is 0 Å². The van der Waals surface area contributed by atoms with Gasteiger partial charge in [-0.2, -0.15) is 0 Å². The molecule has 0 spiro atoms. The van der Waals surface area contributed by atoms with Crippen LogP contribution in [-0.4, -0.2) is 9.13 Å². The summed E-state index contributed by atoms with van der Waals surface area (Å²) in [5, 5.41) is 1.78. The number of hydrogen-bond acceptors (Lipinski definition) is 3. The first-order valence-corrected chi connectivity index (χ1v) is 8.98. The lowest BCUT2D eigenvalue weighted by molar-refractivity contribution is 0.615. The van der Waals surface area contributed by atoms with Gasteiger partial charge in [-0.1, -0.05) is 36.4 Å². The van der Waals surface area contributed by atoms with Crippen molar-refractivity contribution >= 4 is 21.6 Å². The van der Waals surface area contributed by atoms with Crippen molar-refractivity contribution in [2.75, 3.05) is 0 Å². The van der Waals surface area contributed by atoms with Crippen LogP contribution in [0.4, 0.5) is 4.39 Å². The van der Waals surface area contributed by atoms with Crippen molar-refractivity contribution < 1.29 is 4.39 Å². The summed E-state index contributed by atoms with van der Waals surface area (Å²) in [5.41, 5.74) is 1.34. The molecule has 0 atom stereocenters. The minimum atomic E-state index is -0.479. The molecule has 0 aliphatic heterocycles. The van der Waals surface area contributed by atoms with Crippen LogP contribution in [0.5, 0.6) is 0 Å². The first-order valence-electron chi connectivity index (χ1n) is 8.10. The van der Waals surface area contributed by atoms with Gasteiger partial charge in [0.05, 0.1) is 17.7 Å². The summed E-state index contributed by atoms with van der Waals surface area (Å²) in [6.07, 6.45) is 0. The summed E-state index contributed by atoms with van der Waals surface area (Å²) in [4.78, 5) is 26.0. The number of fused-ring (bicyclic) bond motifs is 1. The zero-order valence-electron chi connectivity index (χ0n) is 14.0. The van der Waals surface area contributed by atoms with Gasteiger partial charge in [-0.3, -0.25) is 9.36 Å². The normalized spacial score (nSPS) is 11.2. The first kappa shape index (κ1) is 16.5. The van der Waals surface area contributed by atoms with E-state index in [1.807, 2.05) is 30.3 Å². The molecule has 2 aromatic heterocycles. The van der Waals surface area contributed by atoms with E-state index in [0.717, 1.165) is 10.1 Å². The first-order chi connectivity index (χ1) is 12.6. The Kier molecular flexibility index (Phi) is 4.05. The van der Waals surface area contributed by atoms with E-state index >= 15 is 0 Å². The molecule has 2 heterocycles. The van der Waals surface area contributed by atoms with Gasteiger partial charge in [-0.05, 0) is 41.6 Å². The molecule has 0 radical (unpaired) electrons. The lowest BCUT2D eigenvalue weighted by Gasteiger charge is -2.13. The zero-order chi connectivity index (χ0) is 18.3. The summed E-state index contributed by atoms with van der Waals surface area (Å²) in [6, 6.07) is 15.7. The second kappa shape index (κ2) is 6.38. The molecular formula is C20H15FN2O2S. The molecule has 26 heavy (non-hydrogen) atoms. The lowest BCUT2D eigenvalue weighted by atomic mass is 10.2. The fourth-order valence-corrected chi connectivity index (χ4v) is 3.78. The molecule has 0 bridgehead atoms. The highest BCUT2D eigenvalue weighted by atomic mass is 32.1. The Morgan fingerprint density at radius 2 is 1.81 bits per heavy atom. The fourth-order valence-electron chi connectivity index (χ4n) is 2.95. The Labute approximate surface area is 152 Å². The lowest BCUT2D eigenvalue weighted by Crippen LogP contribution is -2.38. The monoisotopic (exact) mass is 366 g/mol. The third kappa shape index (κ3) is 2.68. The van der Waals surface area contributed by atoms with Crippen molar-refractivity contribution in [1.82, 2.24) is 9.13 Å². The summed E-state index contributed by atoms with van der Waals surface area (Å²) in [7, 11) is 0. The van der Waals surface area contributed by atoms with Crippen molar-refractivity contribution in [3.05, 3.63) is 97.8 Å². The number of halogens is 1. The number of aryl methyl sites for hydroxylation is 1. The third-order valence-electron chi connectivity index (χ3n) is 4.35. The van der Waals surface area contributed by atoms with Crippen LogP contribution in [0.2, 0.25) is 0 Å². The maximum absolute atomic E-state index is 14.0. The summed E-state index contributed by atoms with van der Waals surface area (Å²) < 4.78 is 17.1. The van der Waals surface area contributed by atoms with Crippen molar-refractivity contribution in [2.24, 2.45) is 0 Å². The maximum Gasteiger partial charge on any atom is 0.336 e. The standard InChI is InChI=1S/C20H15FN2O2S/c1-13-7-8-15(11-16(13)21)23-19(24)18-17(9-10-26-18)22(20(23)25)12-14-5-3-2-4-6-14/h2-11H,12H2,1H3. The summed E-state index contributed by atoms with van der Waals surface area (Å²) in [5.74, 6) is -0.449. The van der Waals surface area contributed by atoms with Crippen molar-refractivity contribution in [1.29, 1.82) is 0 Å². The molecule has 4 aromatic rings. The summed E-state index contributed by atoms with van der Waals surface area (Å²) in [6.45, 7) is 1.97. The number of benzene rings is 2. The molecule has 0 fully saturated rings. The van der Waals surface area contributed by atoms with Crippen molar-refractivity contribution in [2.45, 2.75) is 13.5 Å². The van der Waals surface area contributed by atoms with Crippen molar-refractivity contribution in [3.63, 3.8) is 0 Å². The zero-order valence-corrected chi connectivity index (χ0v) is 14.8. The molecule has 2 aromatic carbocycles. The molecule has 0 unspecified atom stereocenters. The Morgan fingerprint density at radius 3 is 2.54 bits per heavy atom. The van der Waals surface area contributed by atoms with E-state index in [9.17, 15) is 14.0 Å². The van der Waals surface area contributed by atoms with E-state index in [1.54, 1.807) is 35.1 Å². The van der Waals surface area contributed by atoms with Crippen LogP contribution in [-0.2, 0) is 6.54 Å². The third-order valence-corrected chi connectivity index (χ3v) is 5.24. The van der Waals surface area contributed by atoms with Crippen LogP contribution in [0.15, 0.2) is 69.6 Å². The average molecular weight is 366 g/mol. The quantitative estimate of drug-likeness (QED) is 0.555. The molecule has 0 saturated carbocycles. The van der Waals surface area contributed by atoms with Crippen LogP contribution in [0, 0.1) is 12.7 Å². The van der Waals surface area contributed by atoms with Gasteiger partial charge in [-0.25, -0.2) is 13.8 Å². The van der Waals surface area contributed by atoms with Gasteiger partial charge in [-0.15, -0.1) is 11.3 Å². The predicted molar refractivity (Wildman–Crippen MR) is 102 cm³/mol. The second-order valence-corrected chi connectivity index (χ2v) is 6.98. The van der Waals surface area contributed by atoms with Crippen LogP contribution >= 0.6 is 11.3 Å². The predicted octanol–water partition coefficient (Wildman–Crippen LogP) is 3.71. The van der Waals surface area contributed by atoms with Crippen LogP contribution in [0.25, 0.3) is 15.9 Å². The molecule has 6 heteroatoms. The molecule has 4 nitrogen and oxygen atoms in total. The van der Waals surface area contributed by atoms with Crippen molar-refractivity contribution in [3.8, 4) is 5.69 Å².